The van der Waals surface area contributed by atoms with Crippen molar-refractivity contribution >= 4 is 5.96 Å². The summed E-state index contributed by atoms with van der Waals surface area (Å²) in [6, 6.07) is 11.4. The van der Waals surface area contributed by atoms with Gasteiger partial charge < -0.3 is 10.2 Å². The predicted octanol–water partition coefficient (Wildman–Crippen LogP) is 3.13. The van der Waals surface area contributed by atoms with Gasteiger partial charge in [0.15, 0.2) is 5.96 Å². The van der Waals surface area contributed by atoms with E-state index in [4.69, 9.17) is 0 Å². The number of nitrogens with zero attached hydrogens (tertiary/aromatic N) is 3. The van der Waals surface area contributed by atoms with Crippen LogP contribution in [0.3, 0.4) is 0 Å². The summed E-state index contributed by atoms with van der Waals surface area (Å²) >= 11 is 0. The number of rotatable bonds is 4. The molecule has 1 unspecified atom stereocenters. The van der Waals surface area contributed by atoms with Gasteiger partial charge in [-0.25, -0.2) is 0 Å². The quantitative estimate of drug-likeness (QED) is 0.680. The van der Waals surface area contributed by atoms with Crippen LogP contribution in [0.2, 0.25) is 0 Å². The zero-order chi connectivity index (χ0) is 16.8. The van der Waals surface area contributed by atoms with Crippen molar-refractivity contribution in [3.05, 3.63) is 35.9 Å². The van der Waals surface area contributed by atoms with Gasteiger partial charge >= 0.3 is 0 Å². The van der Waals surface area contributed by atoms with Crippen LogP contribution in [0.25, 0.3) is 0 Å². The van der Waals surface area contributed by atoms with E-state index in [0.29, 0.717) is 6.04 Å². The topological polar surface area (TPSA) is 30.9 Å². The molecule has 2 fully saturated rings. The zero-order valence-corrected chi connectivity index (χ0v) is 15.2. The average molecular weight is 329 g/mol. The summed E-state index contributed by atoms with van der Waals surface area (Å²) in [7, 11) is 1.91. The van der Waals surface area contributed by atoms with E-state index in [2.05, 4.69) is 57.4 Å². The van der Waals surface area contributed by atoms with Gasteiger partial charge in [0.1, 0.15) is 0 Å². The minimum atomic E-state index is 0.439. The Kier molecular flexibility index (Phi) is 6.13. The SMILES string of the molecule is CN=C(NCC(c1ccccc1)N1CCCC1)N1CCC(C)CC1. The number of hydrogen-bond donors (Lipinski definition) is 1. The van der Waals surface area contributed by atoms with Gasteiger partial charge in [0.05, 0.1) is 6.04 Å². The second-order valence-electron chi connectivity index (χ2n) is 7.27. The van der Waals surface area contributed by atoms with Crippen LogP contribution in [-0.4, -0.2) is 55.5 Å². The van der Waals surface area contributed by atoms with Crippen molar-refractivity contribution in [2.24, 2.45) is 10.9 Å². The number of aliphatic imine (C=N–C) groups is 1. The third-order valence-corrected chi connectivity index (χ3v) is 5.51. The fraction of sp³-hybridized carbons (Fsp3) is 0.650. The fourth-order valence-corrected chi connectivity index (χ4v) is 3.93. The van der Waals surface area contributed by atoms with E-state index in [1.54, 1.807) is 0 Å². The first-order valence-corrected chi connectivity index (χ1v) is 9.52. The van der Waals surface area contributed by atoms with Crippen molar-refractivity contribution in [1.29, 1.82) is 0 Å². The third-order valence-electron chi connectivity index (χ3n) is 5.51. The Hall–Kier alpha value is -1.55. The third kappa shape index (κ3) is 4.29. The monoisotopic (exact) mass is 328 g/mol. The second-order valence-corrected chi connectivity index (χ2v) is 7.27. The first-order chi connectivity index (χ1) is 11.8. The van der Waals surface area contributed by atoms with Crippen LogP contribution < -0.4 is 5.32 Å². The summed E-state index contributed by atoms with van der Waals surface area (Å²) in [6.45, 7) is 7.96. The molecule has 2 saturated heterocycles. The molecule has 0 aromatic heterocycles. The van der Waals surface area contributed by atoms with Crippen LogP contribution in [0.1, 0.15) is 44.2 Å². The molecule has 0 spiro atoms. The van der Waals surface area contributed by atoms with Gasteiger partial charge in [-0.15, -0.1) is 0 Å². The molecule has 2 aliphatic rings. The van der Waals surface area contributed by atoms with Crippen molar-refractivity contribution < 1.29 is 0 Å². The first-order valence-electron chi connectivity index (χ1n) is 9.52. The summed E-state index contributed by atoms with van der Waals surface area (Å²) in [4.78, 5) is 9.58. The summed E-state index contributed by atoms with van der Waals surface area (Å²) < 4.78 is 0. The summed E-state index contributed by atoms with van der Waals surface area (Å²) in [5.41, 5.74) is 1.41. The molecule has 4 heteroatoms. The zero-order valence-electron chi connectivity index (χ0n) is 15.2. The largest absolute Gasteiger partial charge is 0.354 e. The van der Waals surface area contributed by atoms with Crippen LogP contribution in [0.5, 0.6) is 0 Å². The Morgan fingerprint density at radius 3 is 2.42 bits per heavy atom. The van der Waals surface area contributed by atoms with Crippen LogP contribution in [0, 0.1) is 5.92 Å². The van der Waals surface area contributed by atoms with E-state index in [0.717, 1.165) is 31.5 Å². The first kappa shape index (κ1) is 17.3. The van der Waals surface area contributed by atoms with E-state index >= 15 is 0 Å². The Bertz CT molecular complexity index is 514. The van der Waals surface area contributed by atoms with E-state index in [-0.39, 0.29) is 0 Å². The maximum absolute atomic E-state index is 4.54. The molecule has 1 aromatic carbocycles. The van der Waals surface area contributed by atoms with Crippen molar-refractivity contribution in [3.8, 4) is 0 Å². The molecule has 0 saturated carbocycles. The molecule has 0 radical (unpaired) electrons. The molecule has 24 heavy (non-hydrogen) atoms. The lowest BCUT2D eigenvalue weighted by molar-refractivity contribution is 0.237. The van der Waals surface area contributed by atoms with E-state index in [1.165, 1.54) is 44.3 Å². The molecule has 0 amide bonds. The highest BCUT2D eigenvalue weighted by Gasteiger charge is 2.25. The number of likely N-dealkylation sites (tertiary alicyclic amines) is 2. The predicted molar refractivity (Wildman–Crippen MR) is 101 cm³/mol. The lowest BCUT2D eigenvalue weighted by Crippen LogP contribution is -2.47. The standard InChI is InChI=1S/C20H32N4/c1-17-10-14-24(15-11-17)20(21-2)22-16-19(23-12-6-7-13-23)18-8-4-3-5-9-18/h3-5,8-9,17,19H,6-7,10-16H2,1-2H3,(H,21,22). The molecule has 3 rings (SSSR count). The maximum atomic E-state index is 4.54. The minimum absolute atomic E-state index is 0.439. The van der Waals surface area contributed by atoms with Crippen LogP contribution in [-0.2, 0) is 0 Å². The Morgan fingerprint density at radius 1 is 1.12 bits per heavy atom. The highest BCUT2D eigenvalue weighted by atomic mass is 15.3. The maximum Gasteiger partial charge on any atom is 0.193 e. The van der Waals surface area contributed by atoms with Gasteiger partial charge in [0.25, 0.3) is 0 Å². The molecular formula is C20H32N4. The molecular weight excluding hydrogens is 296 g/mol. The van der Waals surface area contributed by atoms with Gasteiger partial charge in [0.2, 0.25) is 0 Å². The highest BCUT2D eigenvalue weighted by molar-refractivity contribution is 5.80. The number of guanidine groups is 1. The second kappa shape index (κ2) is 8.52. The summed E-state index contributed by atoms with van der Waals surface area (Å²) in [5, 5.41) is 3.66. The molecule has 1 atom stereocenters. The smallest absolute Gasteiger partial charge is 0.193 e. The number of benzene rings is 1. The Morgan fingerprint density at radius 2 is 1.79 bits per heavy atom. The Balaban J connectivity index is 1.64. The highest BCUT2D eigenvalue weighted by Crippen LogP contribution is 2.24. The molecule has 1 N–H and O–H groups in total. The molecule has 2 heterocycles. The molecule has 0 aliphatic carbocycles. The Labute approximate surface area is 146 Å². The number of piperidine rings is 1. The lowest BCUT2D eigenvalue weighted by Gasteiger charge is -2.35. The molecule has 132 valence electrons. The number of nitrogens with one attached hydrogen (secondary N) is 1. The van der Waals surface area contributed by atoms with E-state index in [9.17, 15) is 0 Å². The normalized spacial score (nSPS) is 21.9. The summed E-state index contributed by atoms with van der Waals surface area (Å²) in [6.07, 6.45) is 5.19. The average Bonchev–Trinajstić information content (AvgIpc) is 3.15. The van der Waals surface area contributed by atoms with Crippen LogP contribution in [0.4, 0.5) is 0 Å². The van der Waals surface area contributed by atoms with Gasteiger partial charge in [-0.1, -0.05) is 37.3 Å². The van der Waals surface area contributed by atoms with Gasteiger partial charge in [-0.2, -0.15) is 0 Å². The molecule has 2 aliphatic heterocycles. The summed E-state index contributed by atoms with van der Waals surface area (Å²) in [5.74, 6) is 1.92. The van der Waals surface area contributed by atoms with E-state index < -0.39 is 0 Å². The lowest BCUT2D eigenvalue weighted by atomic mass is 9.99. The fourth-order valence-electron chi connectivity index (χ4n) is 3.93. The van der Waals surface area contributed by atoms with Crippen LogP contribution >= 0.6 is 0 Å². The van der Waals surface area contributed by atoms with Crippen molar-refractivity contribution in [2.45, 2.75) is 38.6 Å². The van der Waals surface area contributed by atoms with Crippen molar-refractivity contribution in [1.82, 2.24) is 15.1 Å². The molecule has 1 aromatic rings. The van der Waals surface area contributed by atoms with Crippen molar-refractivity contribution in [2.75, 3.05) is 39.8 Å². The van der Waals surface area contributed by atoms with Crippen molar-refractivity contribution in [3.63, 3.8) is 0 Å². The van der Waals surface area contributed by atoms with Gasteiger partial charge in [0, 0.05) is 26.7 Å². The minimum Gasteiger partial charge on any atom is -0.354 e. The molecule has 4 nitrogen and oxygen atoms in total. The van der Waals surface area contributed by atoms with Gasteiger partial charge in [-0.05, 0) is 50.3 Å². The van der Waals surface area contributed by atoms with E-state index in [1.807, 2.05) is 7.05 Å². The molecule has 0 bridgehead atoms. The van der Waals surface area contributed by atoms with Gasteiger partial charge in [-0.3, -0.25) is 9.89 Å². The van der Waals surface area contributed by atoms with Crippen LogP contribution in [0.15, 0.2) is 35.3 Å². The number of hydrogen-bond acceptors (Lipinski definition) is 2.